The number of anilines is 3. The zero-order valence-corrected chi connectivity index (χ0v) is 28.7. The second kappa shape index (κ2) is 11.7. The summed E-state index contributed by atoms with van der Waals surface area (Å²) >= 11 is 0. The largest absolute Gasteiger partial charge is 0.456 e. The second-order valence-corrected chi connectivity index (χ2v) is 13.6. The van der Waals surface area contributed by atoms with Crippen LogP contribution in [0.3, 0.4) is 0 Å². The Morgan fingerprint density at radius 3 is 1.79 bits per heavy atom. The van der Waals surface area contributed by atoms with Gasteiger partial charge in [0.1, 0.15) is 16.7 Å². The van der Waals surface area contributed by atoms with E-state index in [9.17, 15) is 0 Å². The third-order valence-electron chi connectivity index (χ3n) is 10.7. The molecular weight excluding hydrogens is 647 g/mol. The monoisotopic (exact) mass is 677 g/mol. The number of hydrogen-bond donors (Lipinski definition) is 0. The van der Waals surface area contributed by atoms with E-state index in [1.807, 2.05) is 18.2 Å². The first-order valence-corrected chi connectivity index (χ1v) is 18.0. The number of nitrogens with zero attached hydrogens (tertiary/aromatic N) is 1. The van der Waals surface area contributed by atoms with Gasteiger partial charge < -0.3 is 13.7 Å². The van der Waals surface area contributed by atoms with Crippen LogP contribution in [0.25, 0.3) is 87.7 Å². The van der Waals surface area contributed by atoms with Crippen molar-refractivity contribution in [3.63, 3.8) is 0 Å². The van der Waals surface area contributed by atoms with Gasteiger partial charge in [-0.2, -0.15) is 0 Å². The molecule has 0 saturated heterocycles. The van der Waals surface area contributed by atoms with Crippen LogP contribution < -0.4 is 4.90 Å². The molecule has 0 N–H and O–H groups in total. The van der Waals surface area contributed by atoms with Gasteiger partial charge in [0.2, 0.25) is 0 Å². The summed E-state index contributed by atoms with van der Waals surface area (Å²) in [5.74, 6) is 0. The van der Waals surface area contributed by atoms with Crippen LogP contribution in [0, 0.1) is 0 Å². The van der Waals surface area contributed by atoms with Gasteiger partial charge in [-0.25, -0.2) is 0 Å². The Kier molecular flexibility index (Phi) is 6.55. The minimum Gasteiger partial charge on any atom is -0.456 e. The van der Waals surface area contributed by atoms with E-state index < -0.39 is 0 Å². The van der Waals surface area contributed by atoms with Gasteiger partial charge in [-0.15, -0.1) is 0 Å². The van der Waals surface area contributed by atoms with Gasteiger partial charge in [0.15, 0.2) is 5.58 Å². The first-order valence-electron chi connectivity index (χ1n) is 18.0. The Bertz CT molecular complexity index is 3170. The average Bonchev–Trinajstić information content (AvgIpc) is 3.80. The lowest BCUT2D eigenvalue weighted by Crippen LogP contribution is -2.12. The molecule has 0 aliphatic heterocycles. The molecule has 0 aliphatic rings. The Morgan fingerprint density at radius 2 is 0.981 bits per heavy atom. The summed E-state index contributed by atoms with van der Waals surface area (Å²) in [6.07, 6.45) is 0. The van der Waals surface area contributed by atoms with Crippen LogP contribution in [-0.4, -0.2) is 0 Å². The van der Waals surface area contributed by atoms with Crippen molar-refractivity contribution >= 4 is 82.5 Å². The van der Waals surface area contributed by atoms with Gasteiger partial charge in [-0.3, -0.25) is 0 Å². The van der Waals surface area contributed by atoms with Gasteiger partial charge in [-0.1, -0.05) is 146 Å². The molecule has 0 fully saturated rings. The molecule has 53 heavy (non-hydrogen) atoms. The number of benzene rings is 9. The van der Waals surface area contributed by atoms with Crippen molar-refractivity contribution in [2.75, 3.05) is 4.90 Å². The van der Waals surface area contributed by atoms with Crippen molar-refractivity contribution in [1.29, 1.82) is 0 Å². The quantitative estimate of drug-likeness (QED) is 0.170. The average molecular weight is 678 g/mol. The summed E-state index contributed by atoms with van der Waals surface area (Å²) in [5, 5.41) is 9.22. The third kappa shape index (κ3) is 4.61. The van der Waals surface area contributed by atoms with E-state index in [4.69, 9.17) is 8.83 Å². The molecule has 11 aromatic rings. The Balaban J connectivity index is 1.22. The molecule has 0 unspecified atom stereocenters. The third-order valence-corrected chi connectivity index (χ3v) is 10.7. The molecule has 0 atom stereocenters. The first kappa shape index (κ1) is 29.6. The van der Waals surface area contributed by atoms with Crippen molar-refractivity contribution in [3.05, 3.63) is 188 Å². The highest BCUT2D eigenvalue weighted by atomic mass is 16.3. The summed E-state index contributed by atoms with van der Waals surface area (Å²) in [6.45, 7) is 0. The van der Waals surface area contributed by atoms with Crippen LogP contribution in [0.15, 0.2) is 197 Å². The fourth-order valence-corrected chi connectivity index (χ4v) is 8.26. The molecule has 11 rings (SSSR count). The van der Waals surface area contributed by atoms with Gasteiger partial charge >= 0.3 is 0 Å². The van der Waals surface area contributed by atoms with Crippen molar-refractivity contribution in [3.8, 4) is 22.3 Å². The molecule has 9 aromatic carbocycles. The first-order chi connectivity index (χ1) is 26.3. The summed E-state index contributed by atoms with van der Waals surface area (Å²) < 4.78 is 13.2. The maximum atomic E-state index is 6.89. The summed E-state index contributed by atoms with van der Waals surface area (Å²) in [5.41, 5.74) is 11.1. The highest BCUT2D eigenvalue weighted by Crippen LogP contribution is 2.50. The molecule has 3 heteroatoms. The van der Waals surface area contributed by atoms with Gasteiger partial charge in [-0.05, 0) is 75.3 Å². The highest BCUT2D eigenvalue weighted by Gasteiger charge is 2.26. The van der Waals surface area contributed by atoms with E-state index in [0.29, 0.717) is 0 Å². The number of fused-ring (bicyclic) bond motifs is 9. The van der Waals surface area contributed by atoms with Crippen LogP contribution in [0.1, 0.15) is 0 Å². The number of hydrogen-bond acceptors (Lipinski definition) is 3. The van der Waals surface area contributed by atoms with E-state index in [2.05, 4.69) is 175 Å². The standard InChI is InChI=1S/C50H31NO2/c1-2-13-32(14-3-1)38-29-30-42-41-19-8-10-22-45(41)53-50(42)49(38)51(44-31-34-15-4-5-16-36(34)39-17-6-7-18-40(39)44)35-27-25-33(26-28-35)37-21-12-24-47-48(37)43-20-9-11-23-46(43)52-47/h1-31H. The van der Waals surface area contributed by atoms with E-state index in [-0.39, 0.29) is 0 Å². The lowest BCUT2D eigenvalue weighted by molar-refractivity contribution is 0.668. The Hall–Kier alpha value is -7.10. The predicted molar refractivity (Wildman–Crippen MR) is 222 cm³/mol. The molecule has 0 spiro atoms. The van der Waals surface area contributed by atoms with Crippen LogP contribution in [0.2, 0.25) is 0 Å². The van der Waals surface area contributed by atoms with Gasteiger partial charge in [0.05, 0.1) is 11.4 Å². The molecular formula is C50H31NO2. The molecule has 3 nitrogen and oxygen atoms in total. The second-order valence-electron chi connectivity index (χ2n) is 13.6. The molecule has 0 bridgehead atoms. The fourth-order valence-electron chi connectivity index (χ4n) is 8.26. The van der Waals surface area contributed by atoms with E-state index >= 15 is 0 Å². The molecule has 2 aromatic heterocycles. The van der Waals surface area contributed by atoms with Crippen molar-refractivity contribution in [2.45, 2.75) is 0 Å². The fraction of sp³-hybridized carbons (Fsp3) is 0. The van der Waals surface area contributed by atoms with Crippen molar-refractivity contribution in [1.82, 2.24) is 0 Å². The minimum atomic E-state index is 0.850. The Morgan fingerprint density at radius 1 is 0.358 bits per heavy atom. The summed E-state index contributed by atoms with van der Waals surface area (Å²) in [7, 11) is 0. The molecule has 0 saturated carbocycles. The van der Waals surface area contributed by atoms with E-state index in [0.717, 1.165) is 88.6 Å². The van der Waals surface area contributed by atoms with Crippen molar-refractivity contribution in [2.24, 2.45) is 0 Å². The number of para-hydroxylation sites is 2. The summed E-state index contributed by atoms with van der Waals surface area (Å²) in [6, 6.07) is 66.8. The predicted octanol–water partition coefficient (Wildman–Crippen LogP) is 14.6. The lowest BCUT2D eigenvalue weighted by Gasteiger charge is -2.30. The molecule has 0 aliphatic carbocycles. The minimum absolute atomic E-state index is 0.850. The molecule has 0 amide bonds. The van der Waals surface area contributed by atoms with Crippen LogP contribution in [0.5, 0.6) is 0 Å². The molecule has 248 valence electrons. The maximum absolute atomic E-state index is 6.89. The smallest absolute Gasteiger partial charge is 0.160 e. The van der Waals surface area contributed by atoms with E-state index in [1.165, 1.54) is 16.2 Å². The Labute approximate surface area is 305 Å². The molecule has 2 heterocycles. The van der Waals surface area contributed by atoms with Crippen LogP contribution in [-0.2, 0) is 0 Å². The summed E-state index contributed by atoms with van der Waals surface area (Å²) in [4.78, 5) is 2.42. The number of furan rings is 2. The van der Waals surface area contributed by atoms with Crippen LogP contribution in [0.4, 0.5) is 17.1 Å². The number of rotatable bonds is 5. The van der Waals surface area contributed by atoms with E-state index in [1.54, 1.807) is 0 Å². The van der Waals surface area contributed by atoms with Gasteiger partial charge in [0.25, 0.3) is 0 Å². The zero-order chi connectivity index (χ0) is 34.9. The zero-order valence-electron chi connectivity index (χ0n) is 28.7. The van der Waals surface area contributed by atoms with Crippen LogP contribution >= 0.6 is 0 Å². The van der Waals surface area contributed by atoms with Crippen molar-refractivity contribution < 1.29 is 8.83 Å². The topological polar surface area (TPSA) is 29.5 Å². The molecule has 0 radical (unpaired) electrons. The maximum Gasteiger partial charge on any atom is 0.160 e. The lowest BCUT2D eigenvalue weighted by atomic mass is 9.95. The van der Waals surface area contributed by atoms with Gasteiger partial charge in [0, 0.05) is 38.2 Å². The normalized spacial score (nSPS) is 11.8. The highest BCUT2D eigenvalue weighted by molar-refractivity contribution is 6.19. The SMILES string of the molecule is c1ccc(-c2ccc3c(oc4ccccc43)c2N(c2ccc(-c3cccc4oc5ccccc5c34)cc2)c2cc3ccccc3c3ccccc23)cc1.